The Morgan fingerprint density at radius 3 is 1.26 bits per heavy atom. The van der Waals surface area contributed by atoms with E-state index in [1.807, 2.05) is 13.8 Å². The predicted molar refractivity (Wildman–Crippen MR) is 115 cm³/mol. The Labute approximate surface area is 181 Å². The van der Waals surface area contributed by atoms with Crippen LogP contribution in [0.3, 0.4) is 0 Å². The van der Waals surface area contributed by atoms with E-state index in [1.54, 1.807) is 0 Å². The zero-order valence-corrected chi connectivity index (χ0v) is 19.3. The maximum absolute atomic E-state index is 10.7. The highest BCUT2D eigenvalue weighted by Gasteiger charge is 2.48. The number of rotatable bonds is 6. The minimum absolute atomic E-state index is 0. The molecule has 3 heteroatoms. The number of benzene rings is 3. The van der Waals surface area contributed by atoms with Crippen molar-refractivity contribution in [1.82, 2.24) is 0 Å². The van der Waals surface area contributed by atoms with E-state index in [1.165, 1.54) is 15.9 Å². The quantitative estimate of drug-likeness (QED) is 0.409. The van der Waals surface area contributed by atoms with Gasteiger partial charge in [-0.05, 0) is 50.2 Å². The Morgan fingerprint density at radius 1 is 0.704 bits per heavy atom. The lowest BCUT2D eigenvalue weighted by molar-refractivity contribution is -0.0000179. The molecule has 142 valence electrons. The first kappa shape index (κ1) is 22.1. The summed E-state index contributed by atoms with van der Waals surface area (Å²) < 4.78 is 0. The summed E-state index contributed by atoms with van der Waals surface area (Å²) in [6.07, 6.45) is 0.939. The van der Waals surface area contributed by atoms with E-state index >= 15 is 0 Å². The summed E-state index contributed by atoms with van der Waals surface area (Å²) in [5, 5.41) is 14.8. The third-order valence-electron chi connectivity index (χ3n) is 5.34. The first-order valence-corrected chi connectivity index (χ1v) is 11.2. The first-order chi connectivity index (χ1) is 12.4. The van der Waals surface area contributed by atoms with Crippen molar-refractivity contribution < 1.29 is 29.1 Å². The second kappa shape index (κ2) is 9.32. The monoisotopic (exact) mass is 490 g/mol. The second-order valence-corrected chi connectivity index (χ2v) is 11.1. The lowest BCUT2D eigenvalue weighted by Gasteiger charge is -2.34. The summed E-state index contributed by atoms with van der Waals surface area (Å²) in [6, 6.07) is 32.5. The number of hydrogen-bond donors (Lipinski definition) is 1. The Balaban J connectivity index is 0.00000261. The van der Waals surface area contributed by atoms with Gasteiger partial charge in [0.05, 0.1) is 11.8 Å². The molecule has 0 bridgehead atoms. The van der Waals surface area contributed by atoms with E-state index in [4.69, 9.17) is 0 Å². The molecule has 27 heavy (non-hydrogen) atoms. The van der Waals surface area contributed by atoms with Crippen molar-refractivity contribution in [3.8, 4) is 0 Å². The van der Waals surface area contributed by atoms with E-state index in [-0.39, 0.29) is 29.9 Å². The molecule has 0 amide bonds. The molecule has 1 nitrogen and oxygen atoms in total. The molecule has 0 aliphatic heterocycles. The van der Waals surface area contributed by atoms with Crippen LogP contribution in [-0.2, 0) is 0 Å². The Bertz CT molecular complexity index is 717. The lowest BCUT2D eigenvalue weighted by Crippen LogP contribution is -3.00. The van der Waals surface area contributed by atoms with Gasteiger partial charge in [-0.25, -0.2) is 0 Å². The van der Waals surface area contributed by atoms with Gasteiger partial charge in [0.15, 0.2) is 0 Å². The summed E-state index contributed by atoms with van der Waals surface area (Å²) in [6.45, 7) is 6.02. The third kappa shape index (κ3) is 4.80. The predicted octanol–water partition coefficient (Wildman–Crippen LogP) is 1.39. The minimum Gasteiger partial charge on any atom is -1.00 e. The van der Waals surface area contributed by atoms with Crippen LogP contribution in [-0.4, -0.2) is 16.9 Å². The minimum atomic E-state index is -1.87. The van der Waals surface area contributed by atoms with Crippen molar-refractivity contribution in [2.75, 3.05) is 6.16 Å². The summed E-state index contributed by atoms with van der Waals surface area (Å²) in [7, 11) is -1.87. The van der Waals surface area contributed by atoms with Crippen LogP contribution in [0.2, 0.25) is 0 Å². The summed E-state index contributed by atoms with van der Waals surface area (Å²) in [4.78, 5) is 0. The highest BCUT2D eigenvalue weighted by atomic mass is 127. The standard InChI is InChI=1S/C24H28OP.HI/c1-20(24(2,3)25)19-26(21-13-7-4-8-14-21,22-15-9-5-10-16-22)23-17-11-6-12-18-23;/h4-18,20,25H,19H2,1-3H3;1H/q+1;/p-1/t20-;/m1./s1. The van der Waals surface area contributed by atoms with Crippen LogP contribution >= 0.6 is 7.26 Å². The second-order valence-electron chi connectivity index (χ2n) is 7.55. The zero-order valence-electron chi connectivity index (χ0n) is 16.2. The smallest absolute Gasteiger partial charge is 0.112 e. The average molecular weight is 490 g/mol. The molecule has 0 saturated carbocycles. The fraction of sp³-hybridized carbons (Fsp3) is 0.250. The number of aliphatic hydroxyl groups is 1. The van der Waals surface area contributed by atoms with Gasteiger partial charge in [0.1, 0.15) is 23.2 Å². The van der Waals surface area contributed by atoms with Gasteiger partial charge in [0, 0.05) is 5.92 Å². The van der Waals surface area contributed by atoms with Crippen LogP contribution < -0.4 is 39.9 Å². The van der Waals surface area contributed by atoms with Crippen molar-refractivity contribution in [3.63, 3.8) is 0 Å². The van der Waals surface area contributed by atoms with Crippen molar-refractivity contribution in [3.05, 3.63) is 91.0 Å². The molecule has 0 aliphatic rings. The molecule has 0 aliphatic carbocycles. The fourth-order valence-electron chi connectivity index (χ4n) is 3.45. The summed E-state index contributed by atoms with van der Waals surface area (Å²) in [5.74, 6) is 0.163. The van der Waals surface area contributed by atoms with Crippen LogP contribution in [0.25, 0.3) is 0 Å². The van der Waals surface area contributed by atoms with E-state index in [9.17, 15) is 5.11 Å². The van der Waals surface area contributed by atoms with Gasteiger partial charge < -0.3 is 29.1 Å². The van der Waals surface area contributed by atoms with Crippen molar-refractivity contribution >= 4 is 23.2 Å². The van der Waals surface area contributed by atoms with Crippen molar-refractivity contribution in [2.24, 2.45) is 5.92 Å². The van der Waals surface area contributed by atoms with Gasteiger partial charge in [-0.2, -0.15) is 0 Å². The molecule has 0 aromatic heterocycles. The molecule has 1 N–H and O–H groups in total. The average Bonchev–Trinajstić information content (AvgIpc) is 2.67. The third-order valence-corrected chi connectivity index (χ3v) is 9.98. The molecule has 0 fully saturated rings. The van der Waals surface area contributed by atoms with Gasteiger partial charge in [-0.15, -0.1) is 0 Å². The number of halogens is 1. The van der Waals surface area contributed by atoms with Crippen LogP contribution in [0.1, 0.15) is 20.8 Å². The van der Waals surface area contributed by atoms with Gasteiger partial charge in [-0.1, -0.05) is 61.5 Å². The van der Waals surface area contributed by atoms with Gasteiger partial charge in [0.25, 0.3) is 0 Å². The summed E-state index contributed by atoms with van der Waals surface area (Å²) >= 11 is 0. The van der Waals surface area contributed by atoms with Crippen LogP contribution in [0.5, 0.6) is 0 Å². The lowest BCUT2D eigenvalue weighted by atomic mass is 9.95. The largest absolute Gasteiger partial charge is 1.00 e. The van der Waals surface area contributed by atoms with Crippen LogP contribution in [0, 0.1) is 5.92 Å². The Hall–Kier alpha value is -1.22. The van der Waals surface area contributed by atoms with Gasteiger partial charge in [-0.3, -0.25) is 0 Å². The van der Waals surface area contributed by atoms with Crippen molar-refractivity contribution in [2.45, 2.75) is 26.4 Å². The highest BCUT2D eigenvalue weighted by molar-refractivity contribution is 7.95. The van der Waals surface area contributed by atoms with E-state index < -0.39 is 12.9 Å². The molecular formula is C24H28IOP. The highest BCUT2D eigenvalue weighted by Crippen LogP contribution is 2.57. The summed E-state index contributed by atoms with van der Waals surface area (Å²) in [5.41, 5.74) is -0.719. The van der Waals surface area contributed by atoms with Crippen molar-refractivity contribution in [1.29, 1.82) is 0 Å². The molecule has 0 unspecified atom stereocenters. The van der Waals surface area contributed by atoms with Gasteiger partial charge >= 0.3 is 0 Å². The SMILES string of the molecule is C[C@H](C[P+](c1ccccc1)(c1ccccc1)c1ccccc1)C(C)(C)O.[I-]. The zero-order chi connectivity index (χ0) is 18.6. The molecule has 3 aromatic rings. The van der Waals surface area contributed by atoms with E-state index in [2.05, 4.69) is 97.9 Å². The Kier molecular flexibility index (Phi) is 7.62. The molecule has 3 rings (SSSR count). The molecule has 0 radical (unpaired) electrons. The normalized spacial score (nSPS) is 12.9. The maximum Gasteiger partial charge on any atom is 0.112 e. The van der Waals surface area contributed by atoms with E-state index in [0.29, 0.717) is 0 Å². The van der Waals surface area contributed by atoms with Crippen LogP contribution in [0.15, 0.2) is 91.0 Å². The molecular weight excluding hydrogens is 462 g/mol. The molecule has 3 aromatic carbocycles. The first-order valence-electron chi connectivity index (χ1n) is 9.22. The molecule has 0 spiro atoms. The molecule has 1 atom stereocenters. The maximum atomic E-state index is 10.7. The fourth-order valence-corrected chi connectivity index (χ4v) is 8.28. The van der Waals surface area contributed by atoms with Crippen LogP contribution in [0.4, 0.5) is 0 Å². The van der Waals surface area contributed by atoms with Gasteiger partial charge in [0.2, 0.25) is 0 Å². The topological polar surface area (TPSA) is 20.2 Å². The molecule has 0 heterocycles. The Morgan fingerprint density at radius 2 is 1.00 bits per heavy atom. The molecule has 0 saturated heterocycles. The van der Waals surface area contributed by atoms with E-state index in [0.717, 1.165) is 6.16 Å². The number of hydrogen-bond acceptors (Lipinski definition) is 1.